The van der Waals surface area contributed by atoms with E-state index in [0.717, 1.165) is 10.7 Å². The molecule has 0 N–H and O–H groups in total. The van der Waals surface area contributed by atoms with Crippen LogP contribution in [-0.2, 0) is 0 Å². The lowest BCUT2D eigenvalue weighted by Crippen LogP contribution is -1.74. The lowest BCUT2D eigenvalue weighted by Gasteiger charge is -1.95. The summed E-state index contributed by atoms with van der Waals surface area (Å²) >= 11 is 5.92. The maximum atomic E-state index is 4.12. The standard InChI is InChI=1S/C5H6S2/c6-5-1-3-7-4-2-5/h1-3,6H,4H2. The Hall–Kier alpha value is 0.180. The third-order valence-corrected chi connectivity index (χ3v) is 1.74. The molecule has 1 aliphatic rings. The zero-order chi connectivity index (χ0) is 5.11. The molecule has 0 fully saturated rings. The van der Waals surface area contributed by atoms with Gasteiger partial charge in [-0.05, 0) is 11.5 Å². The first kappa shape index (κ1) is 5.32. The van der Waals surface area contributed by atoms with Crippen molar-refractivity contribution in [1.29, 1.82) is 0 Å². The zero-order valence-corrected chi connectivity index (χ0v) is 5.51. The van der Waals surface area contributed by atoms with E-state index in [1.54, 1.807) is 11.8 Å². The van der Waals surface area contributed by atoms with E-state index in [1.165, 1.54) is 0 Å². The Kier molecular flexibility index (Phi) is 1.88. The fourth-order valence-corrected chi connectivity index (χ4v) is 1.39. The van der Waals surface area contributed by atoms with Crippen LogP contribution < -0.4 is 0 Å². The summed E-state index contributed by atoms with van der Waals surface area (Å²) < 4.78 is 0. The third kappa shape index (κ3) is 1.61. The van der Waals surface area contributed by atoms with Crippen LogP contribution >= 0.6 is 24.4 Å². The van der Waals surface area contributed by atoms with E-state index in [4.69, 9.17) is 0 Å². The molecule has 0 spiro atoms. The molecule has 0 aromatic rings. The number of thiol groups is 1. The van der Waals surface area contributed by atoms with Crippen LogP contribution in [0.5, 0.6) is 0 Å². The molecule has 1 aliphatic heterocycles. The summed E-state index contributed by atoms with van der Waals surface area (Å²) in [7, 11) is 0. The molecule has 0 amide bonds. The molecule has 0 bridgehead atoms. The van der Waals surface area contributed by atoms with Crippen molar-refractivity contribution in [3.63, 3.8) is 0 Å². The highest BCUT2D eigenvalue weighted by molar-refractivity contribution is 8.02. The summed E-state index contributed by atoms with van der Waals surface area (Å²) in [6, 6.07) is 0. The molecule has 2 heteroatoms. The van der Waals surface area contributed by atoms with Crippen LogP contribution in [0, 0.1) is 0 Å². The predicted molar refractivity (Wildman–Crippen MR) is 38.7 cm³/mol. The van der Waals surface area contributed by atoms with Crippen LogP contribution in [0.25, 0.3) is 0 Å². The van der Waals surface area contributed by atoms with Crippen molar-refractivity contribution in [3.05, 3.63) is 22.5 Å². The Balaban J connectivity index is 2.58. The third-order valence-electron chi connectivity index (χ3n) is 0.724. The van der Waals surface area contributed by atoms with Gasteiger partial charge in [-0.15, -0.1) is 24.4 Å². The highest BCUT2D eigenvalue weighted by Crippen LogP contribution is 2.15. The Morgan fingerprint density at radius 2 is 2.57 bits per heavy atom. The van der Waals surface area contributed by atoms with Gasteiger partial charge in [-0.3, -0.25) is 0 Å². The highest BCUT2D eigenvalue weighted by atomic mass is 32.2. The molecule has 1 rings (SSSR count). The molecule has 7 heavy (non-hydrogen) atoms. The van der Waals surface area contributed by atoms with E-state index in [0.29, 0.717) is 0 Å². The average Bonchev–Trinajstić information content (AvgIpc) is 1.69. The summed E-state index contributed by atoms with van der Waals surface area (Å²) in [6.07, 6.45) is 4.09. The largest absolute Gasteiger partial charge is 0.144 e. The molecule has 0 nitrogen and oxygen atoms in total. The van der Waals surface area contributed by atoms with Crippen LogP contribution in [-0.4, -0.2) is 5.75 Å². The van der Waals surface area contributed by atoms with Crippen molar-refractivity contribution in [3.8, 4) is 0 Å². The molecule has 0 aliphatic carbocycles. The predicted octanol–water partition coefficient (Wildman–Crippen LogP) is 2.06. The van der Waals surface area contributed by atoms with E-state index in [-0.39, 0.29) is 0 Å². The first-order valence-electron chi connectivity index (χ1n) is 2.07. The Morgan fingerprint density at radius 1 is 1.71 bits per heavy atom. The topological polar surface area (TPSA) is 0 Å². The number of rotatable bonds is 0. The fourth-order valence-electron chi connectivity index (χ4n) is 0.375. The van der Waals surface area contributed by atoms with Crippen LogP contribution in [0.4, 0.5) is 0 Å². The monoisotopic (exact) mass is 130 g/mol. The van der Waals surface area contributed by atoms with E-state index < -0.39 is 0 Å². The molecule has 0 atom stereocenters. The van der Waals surface area contributed by atoms with E-state index >= 15 is 0 Å². The van der Waals surface area contributed by atoms with Gasteiger partial charge >= 0.3 is 0 Å². The van der Waals surface area contributed by atoms with E-state index in [2.05, 4.69) is 24.1 Å². The fraction of sp³-hybridized carbons (Fsp3) is 0.200. The second-order valence-corrected chi connectivity index (χ2v) is 2.72. The van der Waals surface area contributed by atoms with Crippen LogP contribution in [0.2, 0.25) is 0 Å². The molecule has 38 valence electrons. The number of allylic oxidation sites excluding steroid dienone is 1. The summed E-state index contributed by atoms with van der Waals surface area (Å²) in [5.74, 6) is 1.08. The van der Waals surface area contributed by atoms with Gasteiger partial charge in [0.15, 0.2) is 0 Å². The summed E-state index contributed by atoms with van der Waals surface area (Å²) in [4.78, 5) is 1.08. The molecule has 0 unspecified atom stereocenters. The smallest absolute Gasteiger partial charge is 0.0168 e. The minimum atomic E-state index is 1.08. The minimum absolute atomic E-state index is 1.08. The van der Waals surface area contributed by atoms with Gasteiger partial charge in [-0.1, -0.05) is 6.08 Å². The van der Waals surface area contributed by atoms with Crippen molar-refractivity contribution in [2.75, 3.05) is 5.75 Å². The normalized spacial score (nSPS) is 19.3. The van der Waals surface area contributed by atoms with E-state index in [1.807, 2.05) is 6.08 Å². The molecule has 0 aromatic heterocycles. The highest BCUT2D eigenvalue weighted by Gasteiger charge is 1.87. The number of thioether (sulfide) groups is 1. The van der Waals surface area contributed by atoms with Gasteiger partial charge in [0.05, 0.1) is 0 Å². The number of hydrogen-bond donors (Lipinski definition) is 1. The van der Waals surface area contributed by atoms with Gasteiger partial charge in [0, 0.05) is 10.7 Å². The lowest BCUT2D eigenvalue weighted by atomic mass is 10.5. The zero-order valence-electron chi connectivity index (χ0n) is 3.79. The quantitative estimate of drug-likeness (QED) is 0.490. The summed E-state index contributed by atoms with van der Waals surface area (Å²) in [5.41, 5.74) is 0. The van der Waals surface area contributed by atoms with Gasteiger partial charge < -0.3 is 0 Å². The van der Waals surface area contributed by atoms with Crippen LogP contribution in [0.3, 0.4) is 0 Å². The lowest BCUT2D eigenvalue weighted by molar-refractivity contribution is 1.72. The van der Waals surface area contributed by atoms with Gasteiger partial charge in [-0.25, -0.2) is 0 Å². The first-order valence-corrected chi connectivity index (χ1v) is 3.56. The molecule has 0 saturated carbocycles. The van der Waals surface area contributed by atoms with E-state index in [9.17, 15) is 0 Å². The van der Waals surface area contributed by atoms with Crippen molar-refractivity contribution in [2.45, 2.75) is 0 Å². The van der Waals surface area contributed by atoms with Crippen molar-refractivity contribution >= 4 is 24.4 Å². The molecular weight excluding hydrogens is 124 g/mol. The molecule has 0 aromatic carbocycles. The Labute approximate surface area is 53.1 Å². The second kappa shape index (κ2) is 2.48. The summed E-state index contributed by atoms with van der Waals surface area (Å²) in [6.45, 7) is 0. The van der Waals surface area contributed by atoms with Gasteiger partial charge in [0.25, 0.3) is 0 Å². The second-order valence-electron chi connectivity index (χ2n) is 1.27. The maximum Gasteiger partial charge on any atom is 0.0168 e. The molecule has 1 heterocycles. The van der Waals surface area contributed by atoms with Gasteiger partial charge in [0.2, 0.25) is 0 Å². The molecule has 0 saturated heterocycles. The first-order chi connectivity index (χ1) is 3.39. The average molecular weight is 130 g/mol. The van der Waals surface area contributed by atoms with Crippen molar-refractivity contribution in [1.82, 2.24) is 0 Å². The Bertz CT molecular complexity index is 113. The number of hydrogen-bond acceptors (Lipinski definition) is 2. The van der Waals surface area contributed by atoms with Crippen molar-refractivity contribution < 1.29 is 0 Å². The van der Waals surface area contributed by atoms with Gasteiger partial charge in [-0.2, -0.15) is 0 Å². The maximum absolute atomic E-state index is 4.12. The Morgan fingerprint density at radius 3 is 2.86 bits per heavy atom. The van der Waals surface area contributed by atoms with Crippen molar-refractivity contribution in [2.24, 2.45) is 0 Å². The summed E-state index contributed by atoms with van der Waals surface area (Å²) in [5, 5.41) is 2.06. The van der Waals surface area contributed by atoms with Crippen LogP contribution in [0.1, 0.15) is 0 Å². The molecular formula is C5H6S2. The van der Waals surface area contributed by atoms with Gasteiger partial charge in [0.1, 0.15) is 0 Å². The SMILES string of the molecule is SC1=CCSC=C1. The minimum Gasteiger partial charge on any atom is -0.144 e. The molecule has 0 radical (unpaired) electrons. The van der Waals surface area contributed by atoms with Crippen LogP contribution in [0.15, 0.2) is 22.5 Å².